The maximum atomic E-state index is 12.7. The first-order valence-corrected chi connectivity index (χ1v) is 10.4. The van der Waals surface area contributed by atoms with E-state index in [0.717, 1.165) is 12.8 Å². The van der Waals surface area contributed by atoms with Gasteiger partial charge in [0.2, 0.25) is 10.0 Å². The van der Waals surface area contributed by atoms with Crippen LogP contribution in [0.5, 0.6) is 0 Å². The van der Waals surface area contributed by atoms with E-state index in [2.05, 4.69) is 10.1 Å². The molecule has 0 radical (unpaired) electrons. The Bertz CT molecular complexity index is 1020. The molecule has 1 N–H and O–H groups in total. The van der Waals surface area contributed by atoms with Crippen molar-refractivity contribution in [2.75, 3.05) is 25.5 Å². The number of halogens is 1. The number of benzene rings is 2. The van der Waals surface area contributed by atoms with Crippen LogP contribution in [0.15, 0.2) is 47.4 Å². The second-order valence-electron chi connectivity index (χ2n) is 6.28. The van der Waals surface area contributed by atoms with Gasteiger partial charge in [-0.2, -0.15) is 4.31 Å². The molecule has 2 aromatic carbocycles. The first kappa shape index (κ1) is 20.3. The number of ether oxygens (including phenoxy) is 1. The summed E-state index contributed by atoms with van der Waals surface area (Å²) in [6.45, 7) is 0.930. The molecular weight excluding hydrogens is 404 g/mol. The Morgan fingerprint density at radius 3 is 2.50 bits per heavy atom. The monoisotopic (exact) mass is 422 g/mol. The van der Waals surface area contributed by atoms with Crippen LogP contribution in [0.3, 0.4) is 0 Å². The van der Waals surface area contributed by atoms with Crippen molar-refractivity contribution in [3.05, 3.63) is 58.6 Å². The Morgan fingerprint density at radius 1 is 1.11 bits per heavy atom. The first-order valence-electron chi connectivity index (χ1n) is 8.62. The molecule has 1 aliphatic heterocycles. The van der Waals surface area contributed by atoms with Gasteiger partial charge >= 0.3 is 5.97 Å². The molecule has 0 bridgehead atoms. The highest BCUT2D eigenvalue weighted by Crippen LogP contribution is 2.26. The Balaban J connectivity index is 1.87. The van der Waals surface area contributed by atoms with Crippen molar-refractivity contribution in [1.29, 1.82) is 0 Å². The number of rotatable bonds is 5. The second-order valence-corrected chi connectivity index (χ2v) is 8.62. The predicted molar refractivity (Wildman–Crippen MR) is 105 cm³/mol. The van der Waals surface area contributed by atoms with Crippen molar-refractivity contribution >= 4 is 39.2 Å². The second kappa shape index (κ2) is 8.30. The number of carbonyl (C=O) groups is 2. The van der Waals surface area contributed by atoms with Gasteiger partial charge in [-0.25, -0.2) is 13.2 Å². The summed E-state index contributed by atoms with van der Waals surface area (Å²) in [5, 5.41) is 2.75. The largest absolute Gasteiger partial charge is 0.465 e. The molecule has 0 unspecified atom stereocenters. The van der Waals surface area contributed by atoms with Gasteiger partial charge in [0.1, 0.15) is 0 Å². The van der Waals surface area contributed by atoms with Crippen LogP contribution in [-0.2, 0) is 14.8 Å². The van der Waals surface area contributed by atoms with Gasteiger partial charge in [-0.3, -0.25) is 4.79 Å². The molecule has 0 saturated carbocycles. The van der Waals surface area contributed by atoms with E-state index in [0.29, 0.717) is 18.8 Å². The SMILES string of the molecule is COC(=O)c1cccc(NC(=O)c2cc(S(=O)(=O)N3CCCC3)ccc2Cl)c1. The molecule has 1 saturated heterocycles. The molecule has 28 heavy (non-hydrogen) atoms. The quantitative estimate of drug-likeness (QED) is 0.747. The van der Waals surface area contributed by atoms with Crippen molar-refractivity contribution in [1.82, 2.24) is 4.31 Å². The zero-order valence-corrected chi connectivity index (χ0v) is 16.7. The third-order valence-corrected chi connectivity index (χ3v) is 6.65. The molecule has 1 heterocycles. The van der Waals surface area contributed by atoms with Crippen LogP contribution >= 0.6 is 11.6 Å². The van der Waals surface area contributed by atoms with E-state index < -0.39 is 21.9 Å². The van der Waals surface area contributed by atoms with Crippen molar-refractivity contribution in [3.63, 3.8) is 0 Å². The Kier molecular flexibility index (Phi) is 6.02. The van der Waals surface area contributed by atoms with E-state index >= 15 is 0 Å². The molecular formula is C19H19ClN2O5S. The van der Waals surface area contributed by atoms with Crippen LogP contribution in [0.1, 0.15) is 33.6 Å². The van der Waals surface area contributed by atoms with Crippen LogP contribution in [0.4, 0.5) is 5.69 Å². The van der Waals surface area contributed by atoms with E-state index in [9.17, 15) is 18.0 Å². The average molecular weight is 423 g/mol. The van der Waals surface area contributed by atoms with Crippen molar-refractivity contribution < 1.29 is 22.7 Å². The van der Waals surface area contributed by atoms with Crippen LogP contribution in [-0.4, -0.2) is 44.8 Å². The number of hydrogen-bond acceptors (Lipinski definition) is 5. The number of nitrogens with zero attached hydrogens (tertiary/aromatic N) is 1. The van der Waals surface area contributed by atoms with Gasteiger partial charge in [0.15, 0.2) is 0 Å². The maximum absolute atomic E-state index is 12.7. The minimum Gasteiger partial charge on any atom is -0.465 e. The summed E-state index contributed by atoms with van der Waals surface area (Å²) < 4.78 is 31.5. The Labute approximate surface area is 168 Å². The van der Waals surface area contributed by atoms with E-state index in [1.807, 2.05) is 0 Å². The van der Waals surface area contributed by atoms with Crippen LogP contribution in [0.25, 0.3) is 0 Å². The topological polar surface area (TPSA) is 92.8 Å². The van der Waals surface area contributed by atoms with Gasteiger partial charge in [0.25, 0.3) is 5.91 Å². The summed E-state index contributed by atoms with van der Waals surface area (Å²) in [6.07, 6.45) is 1.63. The molecule has 7 nitrogen and oxygen atoms in total. The minimum atomic E-state index is -3.67. The number of methoxy groups -OCH3 is 1. The van der Waals surface area contributed by atoms with Crippen molar-refractivity contribution in [3.8, 4) is 0 Å². The molecule has 3 rings (SSSR count). The zero-order chi connectivity index (χ0) is 20.3. The molecule has 1 fully saturated rings. The first-order chi connectivity index (χ1) is 13.3. The lowest BCUT2D eigenvalue weighted by molar-refractivity contribution is 0.0600. The maximum Gasteiger partial charge on any atom is 0.337 e. The fourth-order valence-corrected chi connectivity index (χ4v) is 4.70. The Morgan fingerprint density at radius 2 is 1.82 bits per heavy atom. The molecule has 0 aliphatic carbocycles. The fraction of sp³-hybridized carbons (Fsp3) is 0.263. The van der Waals surface area contributed by atoms with E-state index in [-0.39, 0.29) is 21.0 Å². The van der Waals surface area contributed by atoms with Gasteiger partial charge in [-0.15, -0.1) is 0 Å². The number of hydrogen-bond donors (Lipinski definition) is 1. The van der Waals surface area contributed by atoms with Gasteiger partial charge in [0.05, 0.1) is 28.2 Å². The summed E-state index contributed by atoms with van der Waals surface area (Å²) in [5.41, 5.74) is 0.666. The lowest BCUT2D eigenvalue weighted by Gasteiger charge is -2.16. The third kappa shape index (κ3) is 4.19. The number of anilines is 1. The molecule has 2 aromatic rings. The summed E-state index contributed by atoms with van der Waals surface area (Å²) in [4.78, 5) is 24.3. The van der Waals surface area contributed by atoms with Gasteiger partial charge < -0.3 is 10.1 Å². The average Bonchev–Trinajstić information content (AvgIpc) is 3.23. The smallest absolute Gasteiger partial charge is 0.337 e. The number of amides is 1. The molecule has 1 amide bonds. The number of carbonyl (C=O) groups excluding carboxylic acids is 2. The third-order valence-electron chi connectivity index (χ3n) is 4.43. The molecule has 1 aliphatic rings. The van der Waals surface area contributed by atoms with Crippen LogP contribution in [0, 0.1) is 0 Å². The molecule has 0 aromatic heterocycles. The summed E-state index contributed by atoms with van der Waals surface area (Å²) in [6, 6.07) is 10.3. The standard InChI is InChI=1S/C19H19ClN2O5S/c1-27-19(24)13-5-4-6-14(11-13)21-18(23)16-12-15(7-8-17(16)20)28(25,26)22-9-2-3-10-22/h4-8,11-12H,2-3,9-10H2,1H3,(H,21,23). The number of sulfonamides is 1. The predicted octanol–water partition coefficient (Wildman–Crippen LogP) is 3.16. The normalized spacial score (nSPS) is 14.6. The lowest BCUT2D eigenvalue weighted by atomic mass is 10.1. The van der Waals surface area contributed by atoms with Crippen LogP contribution < -0.4 is 5.32 Å². The van der Waals surface area contributed by atoms with Crippen LogP contribution in [0.2, 0.25) is 5.02 Å². The number of nitrogens with one attached hydrogen (secondary N) is 1. The van der Waals surface area contributed by atoms with E-state index in [1.165, 1.54) is 35.7 Å². The van der Waals surface area contributed by atoms with Crippen molar-refractivity contribution in [2.45, 2.75) is 17.7 Å². The highest BCUT2D eigenvalue weighted by molar-refractivity contribution is 7.89. The molecule has 9 heteroatoms. The molecule has 148 valence electrons. The highest BCUT2D eigenvalue weighted by atomic mass is 35.5. The number of esters is 1. The zero-order valence-electron chi connectivity index (χ0n) is 15.1. The van der Waals surface area contributed by atoms with Gasteiger partial charge in [-0.05, 0) is 49.2 Å². The summed E-state index contributed by atoms with van der Waals surface area (Å²) in [7, 11) is -2.41. The van der Waals surface area contributed by atoms with E-state index in [4.69, 9.17) is 11.6 Å². The lowest BCUT2D eigenvalue weighted by Crippen LogP contribution is -2.28. The summed E-state index contributed by atoms with van der Waals surface area (Å²) in [5.74, 6) is -1.11. The fourth-order valence-electron chi connectivity index (χ4n) is 2.96. The molecule has 0 spiro atoms. The minimum absolute atomic E-state index is 0.0206. The van der Waals surface area contributed by atoms with Gasteiger partial charge in [-0.1, -0.05) is 17.7 Å². The summed E-state index contributed by atoms with van der Waals surface area (Å²) >= 11 is 6.13. The molecule has 0 atom stereocenters. The van der Waals surface area contributed by atoms with Gasteiger partial charge in [0, 0.05) is 18.8 Å². The van der Waals surface area contributed by atoms with Crippen molar-refractivity contribution in [2.24, 2.45) is 0 Å². The van der Waals surface area contributed by atoms with E-state index in [1.54, 1.807) is 18.2 Å². The highest BCUT2D eigenvalue weighted by Gasteiger charge is 2.28. The Hall–Kier alpha value is -2.42.